The van der Waals surface area contributed by atoms with Crippen LogP contribution in [0, 0.1) is 0 Å². The number of hydrogen-bond donors (Lipinski definition) is 0. The van der Waals surface area contributed by atoms with Crippen LogP contribution in [0.5, 0.6) is 0 Å². The molecule has 0 spiro atoms. The van der Waals surface area contributed by atoms with Gasteiger partial charge in [-0.3, -0.25) is 0 Å². The summed E-state index contributed by atoms with van der Waals surface area (Å²) >= 11 is 7.46. The first-order valence-corrected chi connectivity index (χ1v) is 9.03. The molecule has 20 heavy (non-hydrogen) atoms. The number of hydrogen-bond acceptors (Lipinski definition) is 3. The fourth-order valence-corrected chi connectivity index (χ4v) is 4.28. The largest absolute Gasteiger partial charge is 0.243 e. The topological polar surface area (TPSA) is 37.4 Å². The molecule has 0 atom stereocenters. The van der Waals surface area contributed by atoms with Gasteiger partial charge in [-0.1, -0.05) is 24.3 Å². The summed E-state index contributed by atoms with van der Waals surface area (Å²) in [5.41, 5.74) is 0.636. The second kappa shape index (κ2) is 6.72. The van der Waals surface area contributed by atoms with Crippen molar-refractivity contribution in [2.45, 2.75) is 17.2 Å². The number of nitrogens with zero attached hydrogens (tertiary/aromatic N) is 1. The Morgan fingerprint density at radius 3 is 2.60 bits per heavy atom. The molecule has 0 aliphatic heterocycles. The Morgan fingerprint density at radius 1 is 1.20 bits per heavy atom. The lowest BCUT2D eigenvalue weighted by molar-refractivity contribution is 0.473. The van der Waals surface area contributed by atoms with Crippen LogP contribution in [-0.2, 0) is 22.3 Å². The van der Waals surface area contributed by atoms with Crippen LogP contribution in [0.25, 0.3) is 0 Å². The van der Waals surface area contributed by atoms with Crippen LogP contribution in [-0.4, -0.2) is 26.3 Å². The maximum absolute atomic E-state index is 12.5. The van der Waals surface area contributed by atoms with E-state index in [-0.39, 0.29) is 5.88 Å². The van der Waals surface area contributed by atoms with Gasteiger partial charge in [0.25, 0.3) is 0 Å². The van der Waals surface area contributed by atoms with Crippen molar-refractivity contribution in [3.63, 3.8) is 0 Å². The third-order valence-electron chi connectivity index (χ3n) is 3.06. The zero-order chi connectivity index (χ0) is 14.6. The molecule has 2 rings (SSSR count). The van der Waals surface area contributed by atoms with E-state index in [1.165, 1.54) is 9.18 Å². The number of halogens is 1. The fourth-order valence-electron chi connectivity index (χ4n) is 1.88. The van der Waals surface area contributed by atoms with Crippen LogP contribution in [0.3, 0.4) is 0 Å². The molecule has 108 valence electrons. The molecular formula is C14H16ClNO2S2. The Bertz CT molecular complexity index is 654. The van der Waals surface area contributed by atoms with E-state index in [2.05, 4.69) is 0 Å². The molecular weight excluding hydrogens is 314 g/mol. The molecule has 1 aromatic carbocycles. The molecule has 3 nitrogen and oxygen atoms in total. The van der Waals surface area contributed by atoms with Gasteiger partial charge >= 0.3 is 0 Å². The summed E-state index contributed by atoms with van der Waals surface area (Å²) < 4.78 is 26.5. The van der Waals surface area contributed by atoms with E-state index in [1.807, 2.05) is 17.5 Å². The van der Waals surface area contributed by atoms with Crippen molar-refractivity contribution in [3.05, 3.63) is 52.2 Å². The van der Waals surface area contributed by atoms with Gasteiger partial charge in [0.05, 0.1) is 4.90 Å². The minimum atomic E-state index is -3.48. The van der Waals surface area contributed by atoms with Gasteiger partial charge in [0.2, 0.25) is 10.0 Å². The van der Waals surface area contributed by atoms with Crippen molar-refractivity contribution in [3.8, 4) is 0 Å². The van der Waals surface area contributed by atoms with Crippen molar-refractivity contribution >= 4 is 33.0 Å². The van der Waals surface area contributed by atoms with E-state index >= 15 is 0 Å². The van der Waals surface area contributed by atoms with Gasteiger partial charge in [0, 0.05) is 24.3 Å². The molecule has 0 saturated carbocycles. The van der Waals surface area contributed by atoms with Gasteiger partial charge in [-0.2, -0.15) is 0 Å². The first-order chi connectivity index (χ1) is 9.55. The maximum atomic E-state index is 12.5. The number of thiophene rings is 1. The highest BCUT2D eigenvalue weighted by Crippen LogP contribution is 2.21. The molecule has 0 fully saturated rings. The lowest BCUT2D eigenvalue weighted by atomic mass is 10.2. The lowest BCUT2D eigenvalue weighted by Gasteiger charge is -2.18. The highest BCUT2D eigenvalue weighted by atomic mass is 35.5. The summed E-state index contributed by atoms with van der Waals surface area (Å²) in [4.78, 5) is 1.47. The number of alkyl halides is 1. The molecule has 0 saturated heterocycles. The van der Waals surface area contributed by atoms with Crippen LogP contribution in [0.2, 0.25) is 0 Å². The molecule has 0 bridgehead atoms. The van der Waals surface area contributed by atoms with E-state index < -0.39 is 10.0 Å². The summed E-state index contributed by atoms with van der Waals surface area (Å²) in [5.74, 6) is 0.189. The van der Waals surface area contributed by atoms with Gasteiger partial charge in [-0.15, -0.1) is 22.9 Å². The fraction of sp³-hybridized carbons (Fsp3) is 0.286. The number of likely N-dealkylation sites (N-methyl/N-ethyl adjacent to an activating group) is 1. The zero-order valence-corrected chi connectivity index (χ0v) is 13.5. The minimum absolute atomic E-state index is 0.189. The van der Waals surface area contributed by atoms with Crippen molar-refractivity contribution in [1.29, 1.82) is 0 Å². The second-order valence-electron chi connectivity index (χ2n) is 4.40. The predicted octanol–water partition coefficient (Wildman–Crippen LogP) is 3.35. The van der Waals surface area contributed by atoms with Crippen molar-refractivity contribution < 1.29 is 8.42 Å². The molecule has 0 aliphatic rings. The van der Waals surface area contributed by atoms with Gasteiger partial charge in [0.1, 0.15) is 0 Å². The SMILES string of the molecule is CN(CCc1cccs1)S(=O)(=O)c1ccccc1CCl. The highest BCUT2D eigenvalue weighted by molar-refractivity contribution is 7.89. The smallest absolute Gasteiger partial charge is 0.207 e. The second-order valence-corrected chi connectivity index (χ2v) is 7.71. The van der Waals surface area contributed by atoms with Crippen molar-refractivity contribution in [1.82, 2.24) is 4.31 Å². The van der Waals surface area contributed by atoms with Crippen LogP contribution >= 0.6 is 22.9 Å². The molecule has 0 unspecified atom stereocenters. The average molecular weight is 330 g/mol. The molecule has 2 aromatic rings. The van der Waals surface area contributed by atoms with Gasteiger partial charge in [-0.05, 0) is 29.5 Å². The highest BCUT2D eigenvalue weighted by Gasteiger charge is 2.23. The zero-order valence-electron chi connectivity index (χ0n) is 11.1. The number of benzene rings is 1. The van der Waals surface area contributed by atoms with Crippen LogP contribution in [0.15, 0.2) is 46.7 Å². The van der Waals surface area contributed by atoms with Crippen LogP contribution in [0.1, 0.15) is 10.4 Å². The van der Waals surface area contributed by atoms with Gasteiger partial charge in [0.15, 0.2) is 0 Å². The Morgan fingerprint density at radius 2 is 1.95 bits per heavy atom. The lowest BCUT2D eigenvalue weighted by Crippen LogP contribution is -2.29. The number of rotatable bonds is 6. The van der Waals surface area contributed by atoms with E-state index in [0.717, 1.165) is 6.42 Å². The van der Waals surface area contributed by atoms with E-state index in [1.54, 1.807) is 42.6 Å². The summed E-state index contributed by atoms with van der Waals surface area (Å²) in [6.07, 6.45) is 0.719. The quantitative estimate of drug-likeness (QED) is 0.762. The minimum Gasteiger partial charge on any atom is -0.207 e. The predicted molar refractivity (Wildman–Crippen MR) is 83.8 cm³/mol. The van der Waals surface area contributed by atoms with E-state index in [0.29, 0.717) is 17.0 Å². The summed E-state index contributed by atoms with van der Waals surface area (Å²) in [6.45, 7) is 0.458. The first kappa shape index (κ1) is 15.5. The Hall–Kier alpha value is -0.880. The van der Waals surface area contributed by atoms with Crippen LogP contribution in [0.4, 0.5) is 0 Å². The van der Waals surface area contributed by atoms with Gasteiger partial charge < -0.3 is 0 Å². The maximum Gasteiger partial charge on any atom is 0.243 e. The molecule has 1 aromatic heterocycles. The average Bonchev–Trinajstić information content (AvgIpc) is 2.97. The number of sulfonamides is 1. The van der Waals surface area contributed by atoms with Gasteiger partial charge in [-0.25, -0.2) is 12.7 Å². The van der Waals surface area contributed by atoms with Crippen molar-refractivity contribution in [2.75, 3.05) is 13.6 Å². The summed E-state index contributed by atoms with van der Waals surface area (Å²) in [5, 5.41) is 1.99. The third kappa shape index (κ3) is 3.41. The summed E-state index contributed by atoms with van der Waals surface area (Å²) in [7, 11) is -1.88. The molecule has 0 aliphatic carbocycles. The molecule has 0 amide bonds. The normalized spacial score (nSPS) is 11.9. The molecule has 0 radical (unpaired) electrons. The summed E-state index contributed by atoms with van der Waals surface area (Å²) in [6, 6.07) is 10.8. The van der Waals surface area contributed by atoms with E-state index in [4.69, 9.17) is 11.6 Å². The Kier molecular flexibility index (Phi) is 5.21. The van der Waals surface area contributed by atoms with E-state index in [9.17, 15) is 8.42 Å². The first-order valence-electron chi connectivity index (χ1n) is 6.18. The molecule has 1 heterocycles. The standard InChI is InChI=1S/C14H16ClNO2S2/c1-16(9-8-13-6-4-10-19-13)20(17,18)14-7-3-2-5-12(14)11-15/h2-7,10H,8-9,11H2,1H3. The van der Waals surface area contributed by atoms with Crippen LogP contribution < -0.4 is 0 Å². The third-order valence-corrected chi connectivity index (χ3v) is 6.24. The molecule has 6 heteroatoms. The van der Waals surface area contributed by atoms with Crippen molar-refractivity contribution in [2.24, 2.45) is 0 Å². The Balaban J connectivity index is 2.16. The molecule has 0 N–H and O–H groups in total. The monoisotopic (exact) mass is 329 g/mol. The Labute approximate surface area is 128 Å².